The summed E-state index contributed by atoms with van der Waals surface area (Å²) in [5, 5.41) is 3.59. The third kappa shape index (κ3) is 8.96. The molecule has 0 aromatic heterocycles. The van der Waals surface area contributed by atoms with E-state index in [1.54, 1.807) is 0 Å². The van der Waals surface area contributed by atoms with Crippen molar-refractivity contribution in [3.05, 3.63) is 12.2 Å². The Morgan fingerprint density at radius 1 is 1.06 bits per heavy atom. The van der Waals surface area contributed by atoms with Gasteiger partial charge in [0.1, 0.15) is 0 Å². The Morgan fingerprint density at radius 2 is 1.62 bits per heavy atom. The van der Waals surface area contributed by atoms with Gasteiger partial charge in [0, 0.05) is 6.04 Å². The first-order valence-corrected chi connectivity index (χ1v) is 6.65. The summed E-state index contributed by atoms with van der Waals surface area (Å²) in [6, 6.07) is 0.592. The van der Waals surface area contributed by atoms with E-state index in [1.807, 2.05) is 0 Å². The molecule has 0 aliphatic rings. The number of hydrogen-bond donors (Lipinski definition) is 1. The first-order chi connectivity index (χ1) is 7.23. The minimum absolute atomic E-state index is 0.299. The molecule has 0 saturated carbocycles. The lowest BCUT2D eigenvalue weighted by Gasteiger charge is -2.26. The molecule has 0 spiro atoms. The van der Waals surface area contributed by atoms with Gasteiger partial charge in [0.05, 0.1) is 0 Å². The summed E-state index contributed by atoms with van der Waals surface area (Å²) in [6.45, 7) is 17.0. The predicted octanol–water partition coefficient (Wildman–Crippen LogP) is 4.25. The smallest absolute Gasteiger partial charge is 0.00469 e. The molecule has 0 fully saturated rings. The number of hydrogen-bond acceptors (Lipinski definition) is 1. The van der Waals surface area contributed by atoms with E-state index in [1.165, 1.54) is 6.42 Å². The van der Waals surface area contributed by atoms with Crippen molar-refractivity contribution in [1.82, 2.24) is 5.32 Å². The van der Waals surface area contributed by atoms with Gasteiger partial charge in [-0.15, -0.1) is 0 Å². The van der Waals surface area contributed by atoms with Crippen LogP contribution in [-0.4, -0.2) is 12.6 Å². The summed E-state index contributed by atoms with van der Waals surface area (Å²) in [7, 11) is 0. The summed E-state index contributed by atoms with van der Waals surface area (Å²) in [5.74, 6) is 1.38. The molecule has 1 heteroatoms. The topological polar surface area (TPSA) is 12.0 Å². The highest BCUT2D eigenvalue weighted by molar-refractivity contribution is 4.97. The quantitative estimate of drug-likeness (QED) is 0.639. The number of rotatable bonds is 7. The summed E-state index contributed by atoms with van der Waals surface area (Å²) >= 11 is 0. The van der Waals surface area contributed by atoms with E-state index >= 15 is 0 Å². The Hall–Kier alpha value is -0.300. The molecule has 0 saturated heterocycles. The Labute approximate surface area is 103 Å². The zero-order valence-corrected chi connectivity index (χ0v) is 12.3. The fourth-order valence-electron chi connectivity index (χ4n) is 1.82. The third-order valence-electron chi connectivity index (χ3n) is 2.64. The van der Waals surface area contributed by atoms with Gasteiger partial charge in [0.2, 0.25) is 0 Å². The Kier molecular flexibility index (Phi) is 6.98. The summed E-state index contributed by atoms with van der Waals surface area (Å²) in [5.41, 5.74) is 0.299. The van der Waals surface area contributed by atoms with Gasteiger partial charge >= 0.3 is 0 Å². The maximum absolute atomic E-state index is 3.59. The first kappa shape index (κ1) is 15.7. The van der Waals surface area contributed by atoms with E-state index in [9.17, 15) is 0 Å². The fraction of sp³-hybridized carbons (Fsp3) is 0.867. The molecule has 1 unspecified atom stereocenters. The van der Waals surface area contributed by atoms with Gasteiger partial charge in [-0.1, -0.05) is 53.7 Å². The van der Waals surface area contributed by atoms with Crippen molar-refractivity contribution in [2.45, 2.75) is 60.9 Å². The van der Waals surface area contributed by atoms with E-state index in [2.05, 4.69) is 65.9 Å². The molecule has 0 aliphatic carbocycles. The minimum atomic E-state index is 0.299. The Bertz CT molecular complexity index is 201. The van der Waals surface area contributed by atoms with Gasteiger partial charge in [-0.05, 0) is 37.1 Å². The standard InChI is InChI=1S/C15H31N/c1-12(2)8-9-15(6,7)10-14(5)16-11-13(3)4/h8-9,12-14,16H,10-11H2,1-7H3/b9-8-. The van der Waals surface area contributed by atoms with Gasteiger partial charge in [-0.3, -0.25) is 0 Å². The van der Waals surface area contributed by atoms with Crippen LogP contribution in [0.2, 0.25) is 0 Å². The van der Waals surface area contributed by atoms with Crippen LogP contribution in [0.5, 0.6) is 0 Å². The molecule has 0 radical (unpaired) electrons. The summed E-state index contributed by atoms with van der Waals surface area (Å²) in [6.07, 6.45) is 5.88. The van der Waals surface area contributed by atoms with E-state index < -0.39 is 0 Å². The van der Waals surface area contributed by atoms with Crippen molar-refractivity contribution in [3.63, 3.8) is 0 Å². The fourth-order valence-corrected chi connectivity index (χ4v) is 1.82. The molecule has 0 rings (SSSR count). The third-order valence-corrected chi connectivity index (χ3v) is 2.64. The van der Waals surface area contributed by atoms with E-state index in [0.717, 1.165) is 12.5 Å². The molecule has 0 heterocycles. The maximum atomic E-state index is 3.59. The molecular weight excluding hydrogens is 194 g/mol. The van der Waals surface area contributed by atoms with Crippen LogP contribution in [0, 0.1) is 17.3 Å². The Balaban J connectivity index is 4.04. The molecule has 0 amide bonds. The van der Waals surface area contributed by atoms with Crippen LogP contribution in [0.4, 0.5) is 0 Å². The van der Waals surface area contributed by atoms with Crippen molar-refractivity contribution >= 4 is 0 Å². The second-order valence-electron chi connectivity index (χ2n) is 6.50. The minimum Gasteiger partial charge on any atom is -0.314 e. The van der Waals surface area contributed by atoms with Crippen molar-refractivity contribution in [1.29, 1.82) is 0 Å². The lowest BCUT2D eigenvalue weighted by molar-refractivity contribution is 0.349. The first-order valence-electron chi connectivity index (χ1n) is 6.65. The molecular formula is C15H31N. The van der Waals surface area contributed by atoms with Gasteiger partial charge < -0.3 is 5.32 Å². The van der Waals surface area contributed by atoms with Crippen molar-refractivity contribution in [2.75, 3.05) is 6.54 Å². The zero-order valence-electron chi connectivity index (χ0n) is 12.3. The van der Waals surface area contributed by atoms with Crippen LogP contribution in [-0.2, 0) is 0 Å². The average molecular weight is 225 g/mol. The monoisotopic (exact) mass is 225 g/mol. The number of nitrogens with one attached hydrogen (secondary N) is 1. The maximum Gasteiger partial charge on any atom is 0.00469 e. The van der Waals surface area contributed by atoms with Crippen molar-refractivity contribution < 1.29 is 0 Å². The lowest BCUT2D eigenvalue weighted by atomic mass is 9.85. The second kappa shape index (κ2) is 7.11. The molecule has 16 heavy (non-hydrogen) atoms. The molecule has 0 bridgehead atoms. The molecule has 0 aromatic carbocycles. The molecule has 1 atom stereocenters. The van der Waals surface area contributed by atoms with Gasteiger partial charge in [0.25, 0.3) is 0 Å². The van der Waals surface area contributed by atoms with Crippen LogP contribution < -0.4 is 5.32 Å². The predicted molar refractivity (Wildman–Crippen MR) is 74.7 cm³/mol. The molecule has 1 N–H and O–H groups in total. The average Bonchev–Trinajstić information content (AvgIpc) is 2.11. The molecule has 0 aromatic rings. The van der Waals surface area contributed by atoms with Crippen molar-refractivity contribution in [2.24, 2.45) is 17.3 Å². The van der Waals surface area contributed by atoms with Crippen LogP contribution in [0.25, 0.3) is 0 Å². The second-order valence-corrected chi connectivity index (χ2v) is 6.50. The summed E-state index contributed by atoms with van der Waals surface area (Å²) < 4.78 is 0. The van der Waals surface area contributed by atoms with Gasteiger partial charge in [-0.25, -0.2) is 0 Å². The van der Waals surface area contributed by atoms with E-state index in [-0.39, 0.29) is 0 Å². The molecule has 0 aliphatic heterocycles. The lowest BCUT2D eigenvalue weighted by Crippen LogP contribution is -2.33. The molecule has 96 valence electrons. The van der Waals surface area contributed by atoms with Crippen LogP contribution in [0.3, 0.4) is 0 Å². The number of allylic oxidation sites excluding steroid dienone is 2. The van der Waals surface area contributed by atoms with E-state index in [0.29, 0.717) is 17.4 Å². The van der Waals surface area contributed by atoms with E-state index in [4.69, 9.17) is 0 Å². The SMILES string of the molecule is CC(C)/C=C\C(C)(C)CC(C)NCC(C)C. The van der Waals surface area contributed by atoms with Crippen molar-refractivity contribution in [3.8, 4) is 0 Å². The summed E-state index contributed by atoms with van der Waals surface area (Å²) in [4.78, 5) is 0. The normalized spacial score (nSPS) is 15.3. The van der Waals surface area contributed by atoms with Gasteiger partial charge in [-0.2, -0.15) is 0 Å². The zero-order chi connectivity index (χ0) is 12.8. The van der Waals surface area contributed by atoms with Crippen LogP contribution >= 0.6 is 0 Å². The van der Waals surface area contributed by atoms with Crippen LogP contribution in [0.1, 0.15) is 54.9 Å². The highest BCUT2D eigenvalue weighted by atomic mass is 14.9. The highest BCUT2D eigenvalue weighted by Gasteiger charge is 2.17. The molecule has 1 nitrogen and oxygen atoms in total. The Morgan fingerprint density at radius 3 is 2.06 bits per heavy atom. The largest absolute Gasteiger partial charge is 0.314 e. The highest BCUT2D eigenvalue weighted by Crippen LogP contribution is 2.24. The van der Waals surface area contributed by atoms with Gasteiger partial charge in [0.15, 0.2) is 0 Å². The van der Waals surface area contributed by atoms with Crippen LogP contribution in [0.15, 0.2) is 12.2 Å².